The Hall–Kier alpha value is -2.97. The topological polar surface area (TPSA) is 80.8 Å². The van der Waals surface area contributed by atoms with Crippen molar-refractivity contribution in [1.82, 2.24) is 34.3 Å². The molecule has 1 saturated heterocycles. The monoisotopic (exact) mass is 381 g/mol. The Kier molecular flexibility index (Phi) is 5.23. The zero-order valence-corrected chi connectivity index (χ0v) is 16.7. The smallest absolute Gasteiger partial charge is 0.227 e. The van der Waals surface area contributed by atoms with Gasteiger partial charge in [-0.25, -0.2) is 9.97 Å². The number of hydrogen-bond acceptors (Lipinski definition) is 7. The van der Waals surface area contributed by atoms with Crippen molar-refractivity contribution < 1.29 is 0 Å². The molecule has 3 aromatic heterocycles. The van der Waals surface area contributed by atoms with Crippen LogP contribution >= 0.6 is 0 Å². The number of nitrogens with zero attached hydrogens (tertiary/aromatic N) is 9. The molecule has 1 fully saturated rings. The van der Waals surface area contributed by atoms with Gasteiger partial charge < -0.3 is 18.9 Å². The largest absolute Gasteiger partial charge is 0.360 e. The van der Waals surface area contributed by atoms with Crippen molar-refractivity contribution in [2.24, 2.45) is 7.05 Å². The molecule has 0 spiro atoms. The molecule has 4 heterocycles. The fourth-order valence-electron chi connectivity index (χ4n) is 3.65. The Balaban J connectivity index is 1.51. The van der Waals surface area contributed by atoms with E-state index in [4.69, 9.17) is 4.98 Å². The van der Waals surface area contributed by atoms with Crippen LogP contribution in [0.1, 0.15) is 37.3 Å². The Morgan fingerprint density at radius 1 is 1.25 bits per heavy atom. The Labute approximate surface area is 165 Å². The van der Waals surface area contributed by atoms with Gasteiger partial charge in [0.15, 0.2) is 5.82 Å². The molecule has 9 nitrogen and oxygen atoms in total. The Bertz CT molecular complexity index is 902. The Morgan fingerprint density at radius 2 is 2.14 bits per heavy atom. The minimum Gasteiger partial charge on any atom is -0.360 e. The fraction of sp³-hybridized carbons (Fsp3) is 0.526. The first-order valence-corrected chi connectivity index (χ1v) is 9.78. The van der Waals surface area contributed by atoms with Gasteiger partial charge in [0.25, 0.3) is 0 Å². The molecule has 28 heavy (non-hydrogen) atoms. The molecule has 0 aromatic carbocycles. The van der Waals surface area contributed by atoms with Gasteiger partial charge in [-0.3, -0.25) is 0 Å². The lowest BCUT2D eigenvalue weighted by Gasteiger charge is -2.32. The highest BCUT2D eigenvalue weighted by Crippen LogP contribution is 2.28. The van der Waals surface area contributed by atoms with Crippen LogP contribution in [-0.2, 0) is 13.6 Å². The standard InChI is InChI=1S/C19H27N9/c1-4-25(2)16-7-8-21-19(22-16)28-10-5-6-15(12-28)18-24-23-17(26(18)3)13-27-11-9-20-14-27/h7-9,11,14-15H,4-6,10,12-13H2,1-3H3. The van der Waals surface area contributed by atoms with Gasteiger partial charge in [0.05, 0.1) is 12.9 Å². The zero-order valence-electron chi connectivity index (χ0n) is 16.7. The van der Waals surface area contributed by atoms with Crippen LogP contribution in [0.5, 0.6) is 0 Å². The summed E-state index contributed by atoms with van der Waals surface area (Å²) < 4.78 is 4.13. The molecule has 3 aromatic rings. The summed E-state index contributed by atoms with van der Waals surface area (Å²) in [5.74, 6) is 4.03. The SMILES string of the molecule is CCN(C)c1ccnc(N2CCCC(c3nnc(Cn4ccnc4)n3C)C2)n1. The molecule has 1 unspecified atom stereocenters. The highest BCUT2D eigenvalue weighted by Gasteiger charge is 2.27. The number of rotatable bonds is 6. The van der Waals surface area contributed by atoms with Crippen LogP contribution in [0.2, 0.25) is 0 Å². The summed E-state index contributed by atoms with van der Waals surface area (Å²) in [4.78, 5) is 17.8. The van der Waals surface area contributed by atoms with Crippen molar-refractivity contribution in [2.45, 2.75) is 32.2 Å². The molecule has 1 aliphatic rings. The van der Waals surface area contributed by atoms with Gasteiger partial charge in [-0.15, -0.1) is 10.2 Å². The van der Waals surface area contributed by atoms with Gasteiger partial charge in [0.1, 0.15) is 11.6 Å². The van der Waals surface area contributed by atoms with Crippen molar-refractivity contribution in [1.29, 1.82) is 0 Å². The first-order chi connectivity index (χ1) is 13.7. The third kappa shape index (κ3) is 3.69. The maximum absolute atomic E-state index is 4.76. The van der Waals surface area contributed by atoms with Crippen LogP contribution in [0.25, 0.3) is 0 Å². The number of aromatic nitrogens is 7. The van der Waals surface area contributed by atoms with E-state index < -0.39 is 0 Å². The maximum atomic E-state index is 4.76. The molecule has 1 atom stereocenters. The molecule has 0 radical (unpaired) electrons. The van der Waals surface area contributed by atoms with Gasteiger partial charge in [-0.1, -0.05) is 0 Å². The molecule has 0 aliphatic carbocycles. The second kappa shape index (κ2) is 7.95. The van der Waals surface area contributed by atoms with E-state index in [-0.39, 0.29) is 0 Å². The van der Waals surface area contributed by atoms with Crippen LogP contribution in [0.15, 0.2) is 31.0 Å². The first kappa shape index (κ1) is 18.4. The lowest BCUT2D eigenvalue weighted by Crippen LogP contribution is -2.36. The van der Waals surface area contributed by atoms with Crippen LogP contribution in [0.3, 0.4) is 0 Å². The third-order valence-electron chi connectivity index (χ3n) is 5.44. The molecule has 4 rings (SSSR count). The summed E-state index contributed by atoms with van der Waals surface area (Å²) >= 11 is 0. The first-order valence-electron chi connectivity index (χ1n) is 9.78. The van der Waals surface area contributed by atoms with Crippen molar-refractivity contribution in [3.05, 3.63) is 42.6 Å². The minimum absolute atomic E-state index is 0.318. The number of anilines is 2. The van der Waals surface area contributed by atoms with Crippen molar-refractivity contribution in [3.8, 4) is 0 Å². The van der Waals surface area contributed by atoms with E-state index in [0.717, 1.165) is 55.9 Å². The average Bonchev–Trinajstić information content (AvgIpc) is 3.38. The number of imidazole rings is 1. The molecule has 0 saturated carbocycles. The van der Waals surface area contributed by atoms with Gasteiger partial charge >= 0.3 is 0 Å². The highest BCUT2D eigenvalue weighted by atomic mass is 15.3. The molecule has 9 heteroatoms. The van der Waals surface area contributed by atoms with E-state index in [1.54, 1.807) is 12.5 Å². The molecule has 0 amide bonds. The van der Waals surface area contributed by atoms with Crippen LogP contribution in [-0.4, -0.2) is 61.0 Å². The molecule has 1 aliphatic heterocycles. The molecule has 0 N–H and O–H groups in total. The normalized spacial score (nSPS) is 17.1. The predicted octanol–water partition coefficient (Wildman–Crippen LogP) is 1.69. The van der Waals surface area contributed by atoms with Crippen molar-refractivity contribution in [2.75, 3.05) is 36.5 Å². The van der Waals surface area contributed by atoms with E-state index in [0.29, 0.717) is 12.5 Å². The van der Waals surface area contributed by atoms with E-state index >= 15 is 0 Å². The lowest BCUT2D eigenvalue weighted by molar-refractivity contribution is 0.473. The molecule has 0 bridgehead atoms. The quantitative estimate of drug-likeness (QED) is 0.643. The summed E-state index contributed by atoms with van der Waals surface area (Å²) in [5, 5.41) is 8.93. The van der Waals surface area contributed by atoms with Crippen molar-refractivity contribution in [3.63, 3.8) is 0 Å². The van der Waals surface area contributed by atoms with Gasteiger partial charge in [0.2, 0.25) is 5.95 Å². The van der Waals surface area contributed by atoms with E-state index in [9.17, 15) is 0 Å². The zero-order chi connectivity index (χ0) is 19.5. The van der Waals surface area contributed by atoms with Crippen LogP contribution in [0.4, 0.5) is 11.8 Å². The summed E-state index contributed by atoms with van der Waals surface area (Å²) in [7, 11) is 4.10. The van der Waals surface area contributed by atoms with Gasteiger partial charge in [0, 0.05) is 58.2 Å². The fourth-order valence-corrected chi connectivity index (χ4v) is 3.65. The maximum Gasteiger partial charge on any atom is 0.227 e. The molecular formula is C19H27N9. The Morgan fingerprint density at radius 3 is 2.93 bits per heavy atom. The molecular weight excluding hydrogens is 354 g/mol. The predicted molar refractivity (Wildman–Crippen MR) is 107 cm³/mol. The lowest BCUT2D eigenvalue weighted by atomic mass is 9.97. The number of hydrogen-bond donors (Lipinski definition) is 0. The molecule has 148 valence electrons. The third-order valence-corrected chi connectivity index (χ3v) is 5.44. The summed E-state index contributed by atoms with van der Waals surface area (Å²) in [6.07, 6.45) is 9.55. The summed E-state index contributed by atoms with van der Waals surface area (Å²) in [5.41, 5.74) is 0. The van der Waals surface area contributed by atoms with Gasteiger partial charge in [-0.05, 0) is 25.8 Å². The number of piperidine rings is 1. The van der Waals surface area contributed by atoms with Crippen molar-refractivity contribution >= 4 is 11.8 Å². The van der Waals surface area contributed by atoms with Crippen LogP contribution in [0, 0.1) is 0 Å². The van der Waals surface area contributed by atoms with Gasteiger partial charge in [-0.2, -0.15) is 4.98 Å². The van der Waals surface area contributed by atoms with E-state index in [2.05, 4.69) is 41.5 Å². The summed E-state index contributed by atoms with van der Waals surface area (Å²) in [6.45, 7) is 5.53. The average molecular weight is 381 g/mol. The second-order valence-corrected chi connectivity index (χ2v) is 7.28. The van der Waals surface area contributed by atoms with E-state index in [1.807, 2.05) is 37.1 Å². The minimum atomic E-state index is 0.318. The van der Waals surface area contributed by atoms with E-state index in [1.165, 1.54) is 0 Å². The summed E-state index contributed by atoms with van der Waals surface area (Å²) in [6, 6.07) is 1.96. The second-order valence-electron chi connectivity index (χ2n) is 7.28. The van der Waals surface area contributed by atoms with Crippen LogP contribution < -0.4 is 9.80 Å². The highest BCUT2D eigenvalue weighted by molar-refractivity contribution is 5.43.